The lowest BCUT2D eigenvalue weighted by Gasteiger charge is -2.14. The lowest BCUT2D eigenvalue weighted by atomic mass is 9.98. The fourth-order valence-electron chi connectivity index (χ4n) is 2.43. The largest absolute Gasteiger partial charge is 0.329 e. The molecular weight excluding hydrogens is 236 g/mol. The highest BCUT2D eigenvalue weighted by Crippen LogP contribution is 2.25. The van der Waals surface area contributed by atoms with E-state index in [0.717, 1.165) is 17.0 Å². The van der Waals surface area contributed by atoms with Crippen LogP contribution >= 0.6 is 0 Å². The van der Waals surface area contributed by atoms with E-state index in [0.29, 0.717) is 6.54 Å². The summed E-state index contributed by atoms with van der Waals surface area (Å²) in [5, 5.41) is 0. The predicted molar refractivity (Wildman–Crippen MR) is 75.8 cm³/mol. The summed E-state index contributed by atoms with van der Waals surface area (Å²) in [6, 6.07) is 14.2. The van der Waals surface area contributed by atoms with Crippen molar-refractivity contribution in [3.05, 3.63) is 60.0 Å². The smallest absolute Gasteiger partial charge is 0.177 e. The Morgan fingerprint density at radius 3 is 2.63 bits per heavy atom. The van der Waals surface area contributed by atoms with Crippen molar-refractivity contribution >= 4 is 11.2 Å². The highest BCUT2D eigenvalue weighted by atomic mass is 15.1. The third-order valence-corrected chi connectivity index (χ3v) is 3.44. The Bertz CT molecular complexity index is 688. The van der Waals surface area contributed by atoms with Gasteiger partial charge >= 0.3 is 0 Å². The average molecular weight is 252 g/mol. The number of hydrogen-bond donors (Lipinski definition) is 1. The number of pyridine rings is 1. The monoisotopic (exact) mass is 252 g/mol. The molecule has 1 atom stereocenters. The van der Waals surface area contributed by atoms with Crippen molar-refractivity contribution < 1.29 is 0 Å². The van der Waals surface area contributed by atoms with Crippen molar-refractivity contribution in [2.45, 2.75) is 5.92 Å². The minimum Gasteiger partial charge on any atom is -0.329 e. The number of aromatic nitrogens is 3. The van der Waals surface area contributed by atoms with Crippen molar-refractivity contribution in [1.82, 2.24) is 14.5 Å². The molecule has 1 unspecified atom stereocenters. The predicted octanol–water partition coefficient (Wildman–Crippen LogP) is 2.06. The van der Waals surface area contributed by atoms with Crippen molar-refractivity contribution in [3.63, 3.8) is 0 Å². The topological polar surface area (TPSA) is 56.7 Å². The number of rotatable bonds is 3. The van der Waals surface area contributed by atoms with Gasteiger partial charge in [0.25, 0.3) is 0 Å². The molecule has 0 saturated heterocycles. The van der Waals surface area contributed by atoms with Crippen LogP contribution in [0.3, 0.4) is 0 Å². The second kappa shape index (κ2) is 4.82. The van der Waals surface area contributed by atoms with Crippen molar-refractivity contribution in [1.29, 1.82) is 0 Å². The molecule has 2 heterocycles. The number of fused-ring (bicyclic) bond motifs is 1. The van der Waals surface area contributed by atoms with Gasteiger partial charge in [-0.1, -0.05) is 30.3 Å². The zero-order valence-corrected chi connectivity index (χ0v) is 10.8. The van der Waals surface area contributed by atoms with E-state index in [9.17, 15) is 0 Å². The molecule has 0 spiro atoms. The molecule has 0 bridgehead atoms. The molecule has 4 heteroatoms. The van der Waals surface area contributed by atoms with Gasteiger partial charge in [0.1, 0.15) is 5.82 Å². The Labute approximate surface area is 111 Å². The lowest BCUT2D eigenvalue weighted by Crippen LogP contribution is -2.17. The number of nitrogens with zero attached hydrogens (tertiary/aromatic N) is 3. The maximum Gasteiger partial charge on any atom is 0.177 e. The minimum atomic E-state index is 0.0976. The maximum absolute atomic E-state index is 5.95. The first kappa shape index (κ1) is 11.9. The number of nitrogens with two attached hydrogens (primary N) is 1. The Morgan fingerprint density at radius 1 is 1.16 bits per heavy atom. The zero-order chi connectivity index (χ0) is 13.2. The van der Waals surface area contributed by atoms with Crippen molar-refractivity contribution in [2.75, 3.05) is 6.54 Å². The van der Waals surface area contributed by atoms with Gasteiger partial charge in [0, 0.05) is 19.8 Å². The first-order valence-corrected chi connectivity index (χ1v) is 6.33. The maximum atomic E-state index is 5.95. The number of hydrogen-bond acceptors (Lipinski definition) is 3. The fraction of sp³-hybridized carbons (Fsp3) is 0.200. The van der Waals surface area contributed by atoms with E-state index in [1.54, 1.807) is 6.20 Å². The Hall–Kier alpha value is -2.20. The number of benzene rings is 1. The Morgan fingerprint density at radius 2 is 1.95 bits per heavy atom. The molecule has 0 aliphatic rings. The summed E-state index contributed by atoms with van der Waals surface area (Å²) in [6.45, 7) is 0.529. The van der Waals surface area contributed by atoms with Gasteiger partial charge in [-0.3, -0.25) is 0 Å². The van der Waals surface area contributed by atoms with Crippen LogP contribution in [0.4, 0.5) is 0 Å². The van der Waals surface area contributed by atoms with E-state index in [1.807, 2.05) is 37.4 Å². The molecule has 0 fully saturated rings. The molecule has 3 rings (SSSR count). The van der Waals surface area contributed by atoms with E-state index >= 15 is 0 Å². The molecule has 3 aromatic rings. The van der Waals surface area contributed by atoms with Gasteiger partial charge in [0.05, 0.1) is 11.4 Å². The summed E-state index contributed by atoms with van der Waals surface area (Å²) in [7, 11) is 2.01. The van der Waals surface area contributed by atoms with Crippen LogP contribution in [-0.4, -0.2) is 21.1 Å². The third-order valence-electron chi connectivity index (χ3n) is 3.44. The lowest BCUT2D eigenvalue weighted by molar-refractivity contribution is 0.708. The van der Waals surface area contributed by atoms with Gasteiger partial charge in [0.2, 0.25) is 0 Å². The van der Waals surface area contributed by atoms with Gasteiger partial charge < -0.3 is 10.3 Å². The first-order valence-electron chi connectivity index (χ1n) is 6.33. The van der Waals surface area contributed by atoms with Crippen molar-refractivity contribution in [2.24, 2.45) is 12.8 Å². The molecule has 0 radical (unpaired) electrons. The van der Waals surface area contributed by atoms with Crippen molar-refractivity contribution in [3.8, 4) is 0 Å². The van der Waals surface area contributed by atoms with Gasteiger partial charge in [0.15, 0.2) is 5.65 Å². The third kappa shape index (κ3) is 2.00. The van der Waals surface area contributed by atoms with Crippen LogP contribution in [0.5, 0.6) is 0 Å². The molecule has 2 N–H and O–H groups in total. The quantitative estimate of drug-likeness (QED) is 0.776. The molecule has 1 aromatic carbocycles. The molecule has 2 aromatic heterocycles. The highest BCUT2D eigenvalue weighted by Gasteiger charge is 2.19. The SMILES string of the molecule is Cn1c(C(CN)c2ccccc2)nc2ncccc21. The normalized spacial score (nSPS) is 12.7. The average Bonchev–Trinajstić information content (AvgIpc) is 2.79. The second-order valence-electron chi connectivity index (χ2n) is 4.57. The van der Waals surface area contributed by atoms with Gasteiger partial charge in [-0.05, 0) is 17.7 Å². The molecule has 0 aliphatic heterocycles. The summed E-state index contributed by atoms with van der Waals surface area (Å²) in [4.78, 5) is 8.93. The molecule has 96 valence electrons. The van der Waals surface area contributed by atoms with E-state index in [4.69, 9.17) is 5.73 Å². The van der Waals surface area contributed by atoms with E-state index in [1.165, 1.54) is 5.56 Å². The number of imidazole rings is 1. The zero-order valence-electron chi connectivity index (χ0n) is 10.8. The Balaban J connectivity index is 2.14. The van der Waals surface area contributed by atoms with Crippen LogP contribution < -0.4 is 5.73 Å². The fourth-order valence-corrected chi connectivity index (χ4v) is 2.43. The minimum absolute atomic E-state index is 0.0976. The van der Waals surface area contributed by atoms with Gasteiger partial charge in [-0.25, -0.2) is 9.97 Å². The molecule has 4 nitrogen and oxygen atoms in total. The molecule has 0 saturated carbocycles. The number of aryl methyl sites for hydroxylation is 1. The second-order valence-corrected chi connectivity index (χ2v) is 4.57. The summed E-state index contributed by atoms with van der Waals surface area (Å²) in [5.41, 5.74) is 8.94. The van der Waals surface area contributed by atoms with Gasteiger partial charge in [-0.2, -0.15) is 0 Å². The van der Waals surface area contributed by atoms with Gasteiger partial charge in [-0.15, -0.1) is 0 Å². The van der Waals surface area contributed by atoms with E-state index in [2.05, 4.69) is 26.7 Å². The van der Waals surface area contributed by atoms with Crippen LogP contribution in [0.2, 0.25) is 0 Å². The summed E-state index contributed by atoms with van der Waals surface area (Å²) >= 11 is 0. The van der Waals surface area contributed by atoms with E-state index < -0.39 is 0 Å². The summed E-state index contributed by atoms with van der Waals surface area (Å²) < 4.78 is 2.08. The molecule has 0 amide bonds. The highest BCUT2D eigenvalue weighted by molar-refractivity contribution is 5.71. The molecular formula is C15H16N4. The Kier molecular flexibility index (Phi) is 3.01. The van der Waals surface area contributed by atoms with Crippen LogP contribution in [0.25, 0.3) is 11.2 Å². The summed E-state index contributed by atoms with van der Waals surface area (Å²) in [5.74, 6) is 1.06. The van der Waals surface area contributed by atoms with Crippen LogP contribution in [0.1, 0.15) is 17.3 Å². The van der Waals surface area contributed by atoms with Crippen LogP contribution in [0, 0.1) is 0 Å². The van der Waals surface area contributed by atoms with Crippen LogP contribution in [0.15, 0.2) is 48.7 Å². The van der Waals surface area contributed by atoms with E-state index in [-0.39, 0.29) is 5.92 Å². The molecule has 0 aliphatic carbocycles. The molecule has 19 heavy (non-hydrogen) atoms. The summed E-state index contributed by atoms with van der Waals surface area (Å²) in [6.07, 6.45) is 1.76. The standard InChI is InChI=1S/C15H16N4/c1-19-13-8-5-9-17-14(13)18-15(19)12(10-16)11-6-3-2-4-7-11/h2-9,12H,10,16H2,1H3. The first-order chi connectivity index (χ1) is 9.31. The van der Waals surface area contributed by atoms with Crippen LogP contribution in [-0.2, 0) is 7.05 Å².